The van der Waals surface area contributed by atoms with E-state index in [1.807, 2.05) is 36.0 Å². The molecule has 1 aliphatic heterocycles. The van der Waals surface area contributed by atoms with Gasteiger partial charge in [-0.3, -0.25) is 0 Å². The molecule has 1 saturated heterocycles. The molecule has 0 spiro atoms. The van der Waals surface area contributed by atoms with Crippen LogP contribution in [-0.2, 0) is 6.54 Å². The fraction of sp³-hybridized carbons (Fsp3) is 0.350. The van der Waals surface area contributed by atoms with E-state index in [4.69, 9.17) is 4.52 Å². The molecule has 4 heterocycles. The molecule has 0 atom stereocenters. The second-order valence-electron chi connectivity index (χ2n) is 6.94. The van der Waals surface area contributed by atoms with Gasteiger partial charge >= 0.3 is 0 Å². The second kappa shape index (κ2) is 7.25. The first-order chi connectivity index (χ1) is 13.4. The summed E-state index contributed by atoms with van der Waals surface area (Å²) in [5.41, 5.74) is 3.04. The van der Waals surface area contributed by atoms with Crippen LogP contribution in [0.25, 0.3) is 33.2 Å². The van der Waals surface area contributed by atoms with Gasteiger partial charge in [0.05, 0.1) is 22.2 Å². The molecule has 0 radical (unpaired) electrons. The number of piperidine rings is 1. The van der Waals surface area contributed by atoms with Gasteiger partial charge < -0.3 is 14.0 Å². The van der Waals surface area contributed by atoms with Crippen LogP contribution in [-0.4, -0.2) is 44.2 Å². The zero-order valence-electron chi connectivity index (χ0n) is 15.0. The maximum Gasteiger partial charge on any atom is 0.268 e. The summed E-state index contributed by atoms with van der Waals surface area (Å²) in [5.74, 6) is 1.16. The fourth-order valence-electron chi connectivity index (χ4n) is 3.65. The third-order valence-corrected chi connectivity index (χ3v) is 6.00. The summed E-state index contributed by atoms with van der Waals surface area (Å²) in [4.78, 5) is 12.6. The first-order valence-electron chi connectivity index (χ1n) is 9.42. The lowest BCUT2D eigenvalue weighted by atomic mass is 10.1. The van der Waals surface area contributed by atoms with Crippen molar-refractivity contribution in [3.05, 3.63) is 42.0 Å². The molecule has 7 heteroatoms. The van der Waals surface area contributed by atoms with Gasteiger partial charge in [0.25, 0.3) is 5.89 Å². The molecular weight excluding hydrogens is 358 g/mol. The van der Waals surface area contributed by atoms with E-state index in [9.17, 15) is 0 Å². The molecule has 0 amide bonds. The lowest BCUT2D eigenvalue weighted by molar-refractivity contribution is 0.221. The third-order valence-electron chi connectivity index (χ3n) is 5.14. The Kier molecular flexibility index (Phi) is 4.47. The smallest absolute Gasteiger partial charge is 0.268 e. The van der Waals surface area contributed by atoms with Crippen molar-refractivity contribution in [3.8, 4) is 22.2 Å². The van der Waals surface area contributed by atoms with E-state index >= 15 is 0 Å². The number of benzene rings is 1. The Balaban J connectivity index is 1.35. The second-order valence-corrected chi connectivity index (χ2v) is 7.89. The number of thiophene rings is 1. The molecule has 1 aromatic carbocycles. The lowest BCUT2D eigenvalue weighted by Gasteiger charge is -2.26. The first-order valence-corrected chi connectivity index (χ1v) is 10.3. The summed E-state index contributed by atoms with van der Waals surface area (Å²) >= 11 is 1.59. The number of nitrogens with zero attached hydrogens (tertiary/aromatic N) is 5. The number of rotatable bonds is 5. The monoisotopic (exact) mass is 379 g/mol. The van der Waals surface area contributed by atoms with Crippen LogP contribution in [0.2, 0.25) is 0 Å². The SMILES string of the molecule is c1csc(-c2nc(-c3ccc4c(c3)ncn4CCN3CCCCC3)no2)c1. The molecule has 3 aromatic heterocycles. The van der Waals surface area contributed by atoms with Crippen LogP contribution in [0.5, 0.6) is 0 Å². The Morgan fingerprint density at radius 1 is 1.07 bits per heavy atom. The maximum absolute atomic E-state index is 5.40. The number of aromatic nitrogens is 4. The summed E-state index contributed by atoms with van der Waals surface area (Å²) in [5, 5.41) is 6.13. The highest BCUT2D eigenvalue weighted by Crippen LogP contribution is 2.27. The summed E-state index contributed by atoms with van der Waals surface area (Å²) in [6.45, 7) is 4.51. The molecule has 138 valence electrons. The zero-order valence-corrected chi connectivity index (χ0v) is 15.9. The Morgan fingerprint density at radius 3 is 2.85 bits per heavy atom. The van der Waals surface area contributed by atoms with Gasteiger partial charge in [0.15, 0.2) is 0 Å². The van der Waals surface area contributed by atoms with E-state index in [2.05, 4.69) is 30.7 Å². The van der Waals surface area contributed by atoms with Gasteiger partial charge in [0, 0.05) is 18.7 Å². The standard InChI is InChI=1S/C20H21N5OS/c1-2-8-24(9-3-1)10-11-25-14-21-16-13-15(6-7-17(16)25)19-22-20(26-23-19)18-5-4-12-27-18/h4-7,12-14H,1-3,8-11H2. The summed E-state index contributed by atoms with van der Waals surface area (Å²) in [6.07, 6.45) is 5.96. The Labute approximate surface area is 161 Å². The molecule has 4 aromatic rings. The summed E-state index contributed by atoms with van der Waals surface area (Å²) in [7, 11) is 0. The van der Waals surface area contributed by atoms with Crippen LogP contribution in [0.3, 0.4) is 0 Å². The number of hydrogen-bond donors (Lipinski definition) is 0. The molecule has 6 nitrogen and oxygen atoms in total. The molecule has 27 heavy (non-hydrogen) atoms. The largest absolute Gasteiger partial charge is 0.333 e. The van der Waals surface area contributed by atoms with E-state index in [0.29, 0.717) is 11.7 Å². The van der Waals surface area contributed by atoms with Crippen LogP contribution in [0.4, 0.5) is 0 Å². The Hall–Kier alpha value is -2.51. The fourth-order valence-corrected chi connectivity index (χ4v) is 4.30. The van der Waals surface area contributed by atoms with Crippen molar-refractivity contribution < 1.29 is 4.52 Å². The molecular formula is C20H21N5OS. The van der Waals surface area contributed by atoms with Crippen LogP contribution in [0, 0.1) is 0 Å². The van der Waals surface area contributed by atoms with Crippen LogP contribution in [0.1, 0.15) is 19.3 Å². The minimum Gasteiger partial charge on any atom is -0.333 e. The van der Waals surface area contributed by atoms with E-state index in [0.717, 1.165) is 34.6 Å². The van der Waals surface area contributed by atoms with Gasteiger partial charge in [0.2, 0.25) is 5.82 Å². The van der Waals surface area contributed by atoms with Gasteiger partial charge in [-0.2, -0.15) is 4.98 Å². The third kappa shape index (κ3) is 3.40. The van der Waals surface area contributed by atoms with E-state index in [1.165, 1.54) is 32.4 Å². The van der Waals surface area contributed by atoms with E-state index in [1.54, 1.807) is 11.3 Å². The van der Waals surface area contributed by atoms with Crippen LogP contribution in [0.15, 0.2) is 46.6 Å². The average Bonchev–Trinajstić information content (AvgIpc) is 3.47. The minimum atomic E-state index is 0.562. The summed E-state index contributed by atoms with van der Waals surface area (Å²) in [6, 6.07) is 10.1. The van der Waals surface area contributed by atoms with E-state index < -0.39 is 0 Å². The summed E-state index contributed by atoms with van der Waals surface area (Å²) < 4.78 is 7.64. The van der Waals surface area contributed by atoms with E-state index in [-0.39, 0.29) is 0 Å². The maximum atomic E-state index is 5.40. The molecule has 0 bridgehead atoms. The van der Waals surface area contributed by atoms with Crippen molar-refractivity contribution >= 4 is 22.4 Å². The quantitative estimate of drug-likeness (QED) is 0.517. The van der Waals surface area contributed by atoms with Gasteiger partial charge in [-0.15, -0.1) is 11.3 Å². The van der Waals surface area contributed by atoms with Crippen molar-refractivity contribution in [2.75, 3.05) is 19.6 Å². The molecule has 5 rings (SSSR count). The van der Waals surface area contributed by atoms with Crippen molar-refractivity contribution in [2.24, 2.45) is 0 Å². The molecule has 0 N–H and O–H groups in total. The first kappa shape index (κ1) is 16.6. The van der Waals surface area contributed by atoms with Crippen LogP contribution < -0.4 is 0 Å². The topological polar surface area (TPSA) is 60.0 Å². The van der Waals surface area contributed by atoms with Gasteiger partial charge in [-0.1, -0.05) is 17.6 Å². The van der Waals surface area contributed by atoms with Gasteiger partial charge in [-0.05, 0) is 55.6 Å². The predicted molar refractivity (Wildman–Crippen MR) is 107 cm³/mol. The van der Waals surface area contributed by atoms with Crippen molar-refractivity contribution in [2.45, 2.75) is 25.8 Å². The minimum absolute atomic E-state index is 0.562. The predicted octanol–water partition coefficient (Wildman–Crippen LogP) is 4.30. The molecule has 0 saturated carbocycles. The van der Waals surface area contributed by atoms with Crippen molar-refractivity contribution in [1.82, 2.24) is 24.6 Å². The van der Waals surface area contributed by atoms with Gasteiger partial charge in [-0.25, -0.2) is 4.98 Å². The molecule has 1 fully saturated rings. The highest BCUT2D eigenvalue weighted by molar-refractivity contribution is 7.13. The van der Waals surface area contributed by atoms with Crippen LogP contribution >= 0.6 is 11.3 Å². The lowest BCUT2D eigenvalue weighted by Crippen LogP contribution is -2.32. The highest BCUT2D eigenvalue weighted by atomic mass is 32.1. The number of likely N-dealkylation sites (tertiary alicyclic amines) is 1. The molecule has 0 aliphatic carbocycles. The molecule has 1 aliphatic rings. The van der Waals surface area contributed by atoms with Gasteiger partial charge in [0.1, 0.15) is 0 Å². The molecule has 0 unspecified atom stereocenters. The Morgan fingerprint density at radius 2 is 2.00 bits per heavy atom. The number of imidazole rings is 1. The highest BCUT2D eigenvalue weighted by Gasteiger charge is 2.14. The normalized spacial score (nSPS) is 15.6. The Bertz CT molecular complexity index is 1030. The average molecular weight is 379 g/mol. The van der Waals surface area contributed by atoms with Crippen molar-refractivity contribution in [3.63, 3.8) is 0 Å². The number of fused-ring (bicyclic) bond motifs is 1. The number of hydrogen-bond acceptors (Lipinski definition) is 6. The zero-order chi connectivity index (χ0) is 18.1. The van der Waals surface area contributed by atoms with Crippen molar-refractivity contribution in [1.29, 1.82) is 0 Å².